The molecule has 0 atom stereocenters. The third-order valence-electron chi connectivity index (χ3n) is 4.43. The summed E-state index contributed by atoms with van der Waals surface area (Å²) in [7, 11) is 0. The van der Waals surface area contributed by atoms with Gasteiger partial charge in [-0.1, -0.05) is 66.4 Å². The molecule has 0 spiro atoms. The molecule has 29 heavy (non-hydrogen) atoms. The van der Waals surface area contributed by atoms with E-state index >= 15 is 0 Å². The number of hydrogen-bond donors (Lipinski definition) is 1. The zero-order valence-corrected chi connectivity index (χ0v) is 16.6. The monoisotopic (exact) mass is 401 g/mol. The van der Waals surface area contributed by atoms with E-state index in [4.69, 9.17) is 0 Å². The minimum atomic E-state index is -0.166. The van der Waals surface area contributed by atoms with Gasteiger partial charge in [-0.3, -0.25) is 14.2 Å². The third kappa shape index (κ3) is 4.22. The molecule has 0 unspecified atom stereocenters. The van der Waals surface area contributed by atoms with Crippen molar-refractivity contribution in [1.82, 2.24) is 9.55 Å². The molecule has 1 amide bonds. The van der Waals surface area contributed by atoms with E-state index in [1.807, 2.05) is 72.8 Å². The molecule has 0 fully saturated rings. The van der Waals surface area contributed by atoms with E-state index in [2.05, 4.69) is 10.3 Å². The van der Waals surface area contributed by atoms with Crippen LogP contribution in [0.1, 0.15) is 5.69 Å². The molecule has 1 N–H and O–H groups in total. The zero-order chi connectivity index (χ0) is 20.2. The van der Waals surface area contributed by atoms with Crippen LogP contribution in [0.2, 0.25) is 0 Å². The number of benzene rings is 3. The largest absolute Gasteiger partial charge is 0.325 e. The fourth-order valence-corrected chi connectivity index (χ4v) is 4.00. The number of carbonyl (C=O) groups is 1. The summed E-state index contributed by atoms with van der Waals surface area (Å²) < 4.78 is 1.53. The van der Waals surface area contributed by atoms with Gasteiger partial charge < -0.3 is 5.32 Å². The van der Waals surface area contributed by atoms with Crippen molar-refractivity contribution in [3.8, 4) is 5.69 Å². The SMILES string of the molecule is Cc1cc(=O)n(-c2ccccc2)c(SCC(=O)Nc2cccc3ccccc23)n1. The van der Waals surface area contributed by atoms with Gasteiger partial charge in [0.1, 0.15) is 0 Å². The topological polar surface area (TPSA) is 64.0 Å². The van der Waals surface area contributed by atoms with Gasteiger partial charge in [-0.2, -0.15) is 0 Å². The predicted octanol–water partition coefficient (Wildman–Crippen LogP) is 4.42. The quantitative estimate of drug-likeness (QED) is 0.397. The smallest absolute Gasteiger partial charge is 0.258 e. The van der Waals surface area contributed by atoms with Crippen molar-refractivity contribution in [3.05, 3.63) is 94.9 Å². The summed E-state index contributed by atoms with van der Waals surface area (Å²) in [5, 5.41) is 5.52. The van der Waals surface area contributed by atoms with E-state index in [1.165, 1.54) is 22.4 Å². The average Bonchev–Trinajstić information content (AvgIpc) is 2.73. The number of hydrogen-bond acceptors (Lipinski definition) is 4. The van der Waals surface area contributed by atoms with E-state index in [9.17, 15) is 9.59 Å². The Morgan fingerprint density at radius 1 is 1.00 bits per heavy atom. The van der Waals surface area contributed by atoms with Crippen molar-refractivity contribution in [2.24, 2.45) is 0 Å². The first kappa shape index (κ1) is 19.0. The van der Waals surface area contributed by atoms with E-state index in [0.29, 0.717) is 10.9 Å². The number of fused-ring (bicyclic) bond motifs is 1. The highest BCUT2D eigenvalue weighted by Gasteiger charge is 2.13. The van der Waals surface area contributed by atoms with Crippen molar-refractivity contribution in [2.45, 2.75) is 12.1 Å². The van der Waals surface area contributed by atoms with E-state index in [0.717, 1.165) is 22.1 Å². The maximum atomic E-state index is 12.6. The van der Waals surface area contributed by atoms with Crippen LogP contribution in [0.25, 0.3) is 16.5 Å². The van der Waals surface area contributed by atoms with Crippen molar-refractivity contribution in [3.63, 3.8) is 0 Å². The van der Waals surface area contributed by atoms with Crippen LogP contribution in [0.4, 0.5) is 5.69 Å². The van der Waals surface area contributed by atoms with Crippen LogP contribution in [-0.2, 0) is 4.79 Å². The maximum absolute atomic E-state index is 12.6. The Balaban J connectivity index is 1.56. The molecule has 3 aromatic carbocycles. The first-order valence-corrected chi connectivity index (χ1v) is 10.2. The van der Waals surface area contributed by atoms with Crippen LogP contribution in [0.5, 0.6) is 0 Å². The van der Waals surface area contributed by atoms with E-state index in [-0.39, 0.29) is 17.2 Å². The second kappa shape index (κ2) is 8.32. The Bertz CT molecular complexity index is 1230. The second-order valence-electron chi connectivity index (χ2n) is 6.55. The summed E-state index contributed by atoms with van der Waals surface area (Å²) in [4.78, 5) is 29.6. The summed E-state index contributed by atoms with van der Waals surface area (Å²) in [5.41, 5.74) is 1.95. The predicted molar refractivity (Wildman–Crippen MR) is 118 cm³/mol. The number of anilines is 1. The highest BCUT2D eigenvalue weighted by Crippen LogP contribution is 2.24. The molecule has 0 saturated heterocycles. The molecule has 0 aliphatic heterocycles. The lowest BCUT2D eigenvalue weighted by molar-refractivity contribution is -0.113. The van der Waals surface area contributed by atoms with Crippen molar-refractivity contribution in [1.29, 1.82) is 0 Å². The maximum Gasteiger partial charge on any atom is 0.258 e. The summed E-state index contributed by atoms with van der Waals surface area (Å²) >= 11 is 1.24. The molecule has 144 valence electrons. The minimum absolute atomic E-state index is 0.145. The van der Waals surface area contributed by atoms with Gasteiger partial charge in [0.25, 0.3) is 5.56 Å². The van der Waals surface area contributed by atoms with Crippen molar-refractivity contribution < 1.29 is 4.79 Å². The Kier molecular flexibility index (Phi) is 5.44. The number of amides is 1. The van der Waals surface area contributed by atoms with Crippen LogP contribution in [0.15, 0.2) is 88.8 Å². The molecule has 4 aromatic rings. The fourth-order valence-electron chi connectivity index (χ4n) is 3.13. The van der Waals surface area contributed by atoms with Gasteiger partial charge in [-0.05, 0) is 30.5 Å². The highest BCUT2D eigenvalue weighted by atomic mass is 32.2. The fraction of sp³-hybridized carbons (Fsp3) is 0.0870. The Hall–Kier alpha value is -3.38. The number of nitrogens with zero attached hydrogens (tertiary/aromatic N) is 2. The van der Waals surface area contributed by atoms with Gasteiger partial charge in [0, 0.05) is 22.8 Å². The zero-order valence-electron chi connectivity index (χ0n) is 15.8. The first-order chi connectivity index (χ1) is 14.1. The molecule has 4 rings (SSSR count). The lowest BCUT2D eigenvalue weighted by Crippen LogP contribution is -2.22. The molecule has 5 nitrogen and oxygen atoms in total. The molecular formula is C23H19N3O2S. The lowest BCUT2D eigenvalue weighted by atomic mass is 10.1. The van der Waals surface area contributed by atoms with Crippen LogP contribution in [-0.4, -0.2) is 21.2 Å². The normalized spacial score (nSPS) is 10.8. The number of thioether (sulfide) groups is 1. The van der Waals surface area contributed by atoms with Gasteiger partial charge in [0.2, 0.25) is 5.91 Å². The summed E-state index contributed by atoms with van der Waals surface area (Å²) in [6.45, 7) is 1.77. The number of nitrogens with one attached hydrogen (secondary N) is 1. The van der Waals surface area contributed by atoms with Gasteiger partial charge >= 0.3 is 0 Å². The van der Waals surface area contributed by atoms with Crippen LogP contribution < -0.4 is 10.9 Å². The number of para-hydroxylation sites is 1. The van der Waals surface area contributed by atoms with Gasteiger partial charge in [-0.15, -0.1) is 0 Å². The minimum Gasteiger partial charge on any atom is -0.325 e. The van der Waals surface area contributed by atoms with E-state index < -0.39 is 0 Å². The highest BCUT2D eigenvalue weighted by molar-refractivity contribution is 7.99. The number of rotatable bonds is 5. The number of carbonyl (C=O) groups excluding carboxylic acids is 1. The molecule has 0 aliphatic rings. The van der Waals surface area contributed by atoms with Gasteiger partial charge in [0.15, 0.2) is 5.16 Å². The summed E-state index contributed by atoms with van der Waals surface area (Å²) in [5.74, 6) is -0.00640. The molecule has 0 radical (unpaired) electrons. The molecular weight excluding hydrogens is 382 g/mol. The molecule has 1 heterocycles. The molecule has 6 heteroatoms. The Morgan fingerprint density at radius 2 is 1.72 bits per heavy atom. The van der Waals surface area contributed by atoms with Gasteiger partial charge in [0.05, 0.1) is 11.4 Å². The van der Waals surface area contributed by atoms with Crippen LogP contribution in [0.3, 0.4) is 0 Å². The number of aryl methyl sites for hydroxylation is 1. The molecule has 0 saturated carbocycles. The van der Waals surface area contributed by atoms with E-state index in [1.54, 1.807) is 6.92 Å². The van der Waals surface area contributed by atoms with Crippen molar-refractivity contribution in [2.75, 3.05) is 11.1 Å². The Labute approximate surface area is 172 Å². The van der Waals surface area contributed by atoms with Crippen molar-refractivity contribution >= 4 is 34.1 Å². The van der Waals surface area contributed by atoms with Crippen LogP contribution >= 0.6 is 11.8 Å². The molecule has 1 aromatic heterocycles. The summed E-state index contributed by atoms with van der Waals surface area (Å²) in [6.07, 6.45) is 0. The molecule has 0 bridgehead atoms. The Morgan fingerprint density at radius 3 is 2.55 bits per heavy atom. The standard InChI is InChI=1S/C23H19N3O2S/c1-16-14-22(28)26(18-10-3-2-4-11-18)23(24-16)29-15-21(27)25-20-13-7-9-17-8-5-6-12-19(17)20/h2-14H,15H2,1H3,(H,25,27). The van der Waals surface area contributed by atoms with Gasteiger partial charge in [-0.25, -0.2) is 4.98 Å². The second-order valence-corrected chi connectivity index (χ2v) is 7.50. The molecule has 0 aliphatic carbocycles. The summed E-state index contributed by atoms with van der Waals surface area (Å²) in [6, 6.07) is 24.5. The third-order valence-corrected chi connectivity index (χ3v) is 5.37. The van der Waals surface area contributed by atoms with Crippen LogP contribution in [0, 0.1) is 6.92 Å². The number of aromatic nitrogens is 2. The first-order valence-electron chi connectivity index (χ1n) is 9.18. The lowest BCUT2D eigenvalue weighted by Gasteiger charge is -2.12. The average molecular weight is 401 g/mol.